The first kappa shape index (κ1) is 29.4. The number of rotatable bonds is 4. The van der Waals surface area contributed by atoms with Gasteiger partial charge >= 0.3 is 6.09 Å². The molecule has 0 bridgehead atoms. The van der Waals surface area contributed by atoms with E-state index in [1.165, 1.54) is 0 Å². The van der Waals surface area contributed by atoms with Gasteiger partial charge in [-0.2, -0.15) is 5.26 Å². The molecule has 1 fully saturated rings. The van der Waals surface area contributed by atoms with Gasteiger partial charge in [0.15, 0.2) is 5.82 Å². The molecular weight excluding hydrogens is 597 g/mol. The maximum absolute atomic E-state index is 15.2. The smallest absolute Gasteiger partial charge is 0.412 e. The van der Waals surface area contributed by atoms with Crippen molar-refractivity contribution in [2.75, 3.05) is 37.4 Å². The van der Waals surface area contributed by atoms with Crippen LogP contribution in [0.5, 0.6) is 0 Å². The molecule has 0 aliphatic carbocycles. The first-order chi connectivity index (χ1) is 20.4. The van der Waals surface area contributed by atoms with E-state index in [1.807, 2.05) is 23.9 Å². The first-order valence-corrected chi connectivity index (χ1v) is 14.8. The van der Waals surface area contributed by atoms with Crippen LogP contribution in [0.2, 0.25) is 5.02 Å². The molecular formula is C29H29ClFN7O4S. The highest BCUT2D eigenvalue weighted by atomic mass is 35.5. The number of nitrogens with zero attached hydrogens (tertiary/aromatic N) is 6. The number of β-amino-alcohol motifs (C(OH)–C–C–N with tert-alkyl or cyclic N) is 1. The number of fused-ring (bicyclic) bond motifs is 4. The Kier molecular flexibility index (Phi) is 7.38. The molecule has 2 atom stereocenters. The standard InChI is InChI=1S/C29H29ClFN7O4S/c1-29(2,3)42-28(40)36-26-13(6-32)21-24(33-8-17(31)25(21)43-26)20-16-12-41-11-15(16)14-7-34-27(35-23(14)22(20)30)38-9-18(37(4)5)19(39)10-38/h7-8,18-19,39H,9-12H2,1-5H3,(H,36,40)/t18-,19-/m1/s1. The van der Waals surface area contributed by atoms with Gasteiger partial charge in [-0.3, -0.25) is 10.3 Å². The molecule has 0 unspecified atom stereocenters. The summed E-state index contributed by atoms with van der Waals surface area (Å²) in [6.45, 7) is 6.56. The molecule has 2 aliphatic heterocycles. The van der Waals surface area contributed by atoms with Crippen LogP contribution in [0.25, 0.3) is 32.2 Å². The molecule has 1 amide bonds. The Morgan fingerprint density at radius 2 is 2.02 bits per heavy atom. The maximum atomic E-state index is 15.2. The zero-order valence-corrected chi connectivity index (χ0v) is 25.7. The van der Waals surface area contributed by atoms with E-state index in [9.17, 15) is 15.2 Å². The lowest BCUT2D eigenvalue weighted by Crippen LogP contribution is -2.38. The molecule has 3 aromatic heterocycles. The van der Waals surface area contributed by atoms with E-state index in [-0.39, 0.29) is 50.6 Å². The molecule has 2 aliphatic rings. The van der Waals surface area contributed by atoms with Crippen molar-refractivity contribution in [1.82, 2.24) is 19.9 Å². The highest BCUT2D eigenvalue weighted by Gasteiger charge is 2.35. The topological polar surface area (TPSA) is 137 Å². The van der Waals surface area contributed by atoms with Gasteiger partial charge in [-0.15, -0.1) is 11.3 Å². The lowest BCUT2D eigenvalue weighted by Gasteiger charge is -2.21. The molecule has 0 spiro atoms. The summed E-state index contributed by atoms with van der Waals surface area (Å²) in [5.41, 5.74) is 2.05. The van der Waals surface area contributed by atoms with Crippen LogP contribution >= 0.6 is 22.9 Å². The van der Waals surface area contributed by atoms with Crippen molar-refractivity contribution in [3.8, 4) is 17.3 Å². The van der Waals surface area contributed by atoms with Crippen LogP contribution in [-0.2, 0) is 22.7 Å². The third kappa shape index (κ3) is 5.13. The van der Waals surface area contributed by atoms with Gasteiger partial charge in [-0.25, -0.2) is 19.2 Å². The summed E-state index contributed by atoms with van der Waals surface area (Å²) in [4.78, 5) is 30.3. The summed E-state index contributed by atoms with van der Waals surface area (Å²) in [5.74, 6) is -0.230. The largest absolute Gasteiger partial charge is 0.444 e. The number of aliphatic hydroxyl groups excluding tert-OH is 1. The van der Waals surface area contributed by atoms with Crippen molar-refractivity contribution >= 4 is 61.0 Å². The lowest BCUT2D eigenvalue weighted by atomic mass is 9.94. The van der Waals surface area contributed by atoms with Gasteiger partial charge in [-0.1, -0.05) is 11.6 Å². The second-order valence-electron chi connectivity index (χ2n) is 11.8. The minimum Gasteiger partial charge on any atom is -0.444 e. The van der Waals surface area contributed by atoms with Crippen molar-refractivity contribution in [3.63, 3.8) is 0 Å². The summed E-state index contributed by atoms with van der Waals surface area (Å²) in [5, 5.41) is 24.7. The van der Waals surface area contributed by atoms with Gasteiger partial charge in [0.2, 0.25) is 5.95 Å². The van der Waals surface area contributed by atoms with Crippen LogP contribution in [0.15, 0.2) is 12.4 Å². The van der Waals surface area contributed by atoms with Crippen molar-refractivity contribution in [2.24, 2.45) is 0 Å². The monoisotopic (exact) mass is 625 g/mol. The number of halogens is 2. The first-order valence-electron chi connectivity index (χ1n) is 13.6. The summed E-state index contributed by atoms with van der Waals surface area (Å²) in [7, 11) is 3.83. The van der Waals surface area contributed by atoms with Crippen LogP contribution in [0.3, 0.4) is 0 Å². The summed E-state index contributed by atoms with van der Waals surface area (Å²) in [6.07, 6.45) is 1.44. The van der Waals surface area contributed by atoms with Gasteiger partial charge in [0, 0.05) is 35.6 Å². The average molecular weight is 626 g/mol. The molecule has 6 rings (SSSR count). The van der Waals surface area contributed by atoms with E-state index in [0.717, 1.165) is 28.7 Å². The van der Waals surface area contributed by atoms with E-state index in [2.05, 4.69) is 21.4 Å². The number of pyridine rings is 1. The zero-order valence-electron chi connectivity index (χ0n) is 24.2. The fourth-order valence-electron chi connectivity index (χ4n) is 5.59. The van der Waals surface area contributed by atoms with Gasteiger partial charge in [0.05, 0.1) is 58.1 Å². The van der Waals surface area contributed by atoms with E-state index in [1.54, 1.807) is 27.0 Å². The normalized spacial score (nSPS) is 18.5. The quantitative estimate of drug-likeness (QED) is 0.317. The fraction of sp³-hybridized carbons (Fsp3) is 0.414. The molecule has 1 saturated heterocycles. The number of hydrogen-bond donors (Lipinski definition) is 2. The van der Waals surface area contributed by atoms with Crippen molar-refractivity contribution in [2.45, 2.75) is 51.7 Å². The van der Waals surface area contributed by atoms with E-state index < -0.39 is 23.6 Å². The number of benzene rings is 1. The number of ether oxygens (including phenoxy) is 2. The zero-order chi connectivity index (χ0) is 30.8. The number of likely N-dealkylation sites (N-methyl/N-ethyl adjacent to an activating group) is 1. The Bertz CT molecular complexity index is 1830. The number of hydrogen-bond acceptors (Lipinski definition) is 11. The number of aliphatic hydroxyl groups is 1. The predicted octanol–water partition coefficient (Wildman–Crippen LogP) is 5.06. The molecule has 2 N–H and O–H groups in total. The molecule has 14 heteroatoms. The Morgan fingerprint density at radius 1 is 1.28 bits per heavy atom. The highest BCUT2D eigenvalue weighted by Crippen LogP contribution is 2.47. The number of carbonyl (C=O) groups is 1. The maximum Gasteiger partial charge on any atom is 0.412 e. The summed E-state index contributed by atoms with van der Waals surface area (Å²) in [6, 6.07) is 2.03. The number of anilines is 2. The van der Waals surface area contributed by atoms with Crippen molar-refractivity contribution in [3.05, 3.63) is 39.9 Å². The molecule has 4 aromatic rings. The minimum atomic E-state index is -0.772. The number of amides is 1. The SMILES string of the molecule is CN(C)[C@@H]1CN(c2ncc3c4c(c(-c5ncc(F)c6sc(NC(=O)OC(C)(C)C)c(C#N)c56)c(Cl)c3n2)COC4)C[C@H]1O. The van der Waals surface area contributed by atoms with Crippen LogP contribution in [0.1, 0.15) is 37.5 Å². The second-order valence-corrected chi connectivity index (χ2v) is 13.2. The molecule has 0 saturated carbocycles. The predicted molar refractivity (Wildman–Crippen MR) is 162 cm³/mol. The Labute approximate surface area is 255 Å². The lowest BCUT2D eigenvalue weighted by molar-refractivity contribution is 0.0636. The molecule has 224 valence electrons. The Balaban J connectivity index is 1.53. The molecule has 43 heavy (non-hydrogen) atoms. The van der Waals surface area contributed by atoms with Gasteiger partial charge in [-0.05, 0) is 46.0 Å². The number of nitrogens with one attached hydrogen (secondary N) is 1. The van der Waals surface area contributed by atoms with Gasteiger partial charge in [0.1, 0.15) is 16.7 Å². The molecule has 11 nitrogen and oxygen atoms in total. The molecule has 1 aromatic carbocycles. The van der Waals surface area contributed by atoms with Crippen molar-refractivity contribution < 1.29 is 23.8 Å². The molecule has 0 radical (unpaired) electrons. The van der Waals surface area contributed by atoms with E-state index in [4.69, 9.17) is 26.1 Å². The van der Waals surface area contributed by atoms with Crippen LogP contribution < -0.4 is 10.2 Å². The van der Waals surface area contributed by atoms with Crippen LogP contribution in [0.4, 0.5) is 20.1 Å². The number of carbonyl (C=O) groups excluding carboxylic acids is 1. The molecule has 5 heterocycles. The number of aromatic nitrogens is 3. The van der Waals surface area contributed by atoms with Gasteiger partial charge < -0.3 is 24.4 Å². The summed E-state index contributed by atoms with van der Waals surface area (Å²) < 4.78 is 26.5. The second kappa shape index (κ2) is 10.8. The van der Waals surface area contributed by atoms with E-state index >= 15 is 4.39 Å². The van der Waals surface area contributed by atoms with Crippen LogP contribution in [-0.4, -0.2) is 76.0 Å². The number of nitriles is 1. The fourth-order valence-corrected chi connectivity index (χ4v) is 6.98. The number of thiophene rings is 1. The van der Waals surface area contributed by atoms with E-state index in [0.29, 0.717) is 35.5 Å². The Morgan fingerprint density at radius 3 is 2.70 bits per heavy atom. The minimum absolute atomic E-state index is 0.0425. The third-order valence-corrected chi connectivity index (χ3v) is 9.01. The highest BCUT2D eigenvalue weighted by molar-refractivity contribution is 7.23. The summed E-state index contributed by atoms with van der Waals surface area (Å²) >= 11 is 8.04. The average Bonchev–Trinajstić information content (AvgIpc) is 3.66. The van der Waals surface area contributed by atoms with Crippen LogP contribution in [0, 0.1) is 17.1 Å². The van der Waals surface area contributed by atoms with Crippen molar-refractivity contribution in [1.29, 1.82) is 5.26 Å². The third-order valence-electron chi connectivity index (χ3n) is 7.52. The van der Waals surface area contributed by atoms with Gasteiger partial charge in [0.25, 0.3) is 0 Å². The Hall–Kier alpha value is -3.67.